The van der Waals surface area contributed by atoms with E-state index in [2.05, 4.69) is 0 Å². The largest absolute Gasteiger partial charge is 0.396 e. The van der Waals surface area contributed by atoms with E-state index in [0.29, 0.717) is 32.5 Å². The van der Waals surface area contributed by atoms with Crippen LogP contribution in [-0.4, -0.2) is 67.2 Å². The minimum Gasteiger partial charge on any atom is -0.396 e. The van der Waals surface area contributed by atoms with Crippen molar-refractivity contribution in [3.8, 4) is 0 Å². The van der Waals surface area contributed by atoms with Gasteiger partial charge in [0.25, 0.3) is 0 Å². The average molecular weight is 318 g/mol. The van der Waals surface area contributed by atoms with Crippen molar-refractivity contribution in [2.45, 2.75) is 32.6 Å². The fourth-order valence-electron chi connectivity index (χ4n) is 3.24. The van der Waals surface area contributed by atoms with Crippen LogP contribution in [0.3, 0.4) is 0 Å². The van der Waals surface area contributed by atoms with Crippen molar-refractivity contribution in [3.63, 3.8) is 0 Å². The first-order chi connectivity index (χ1) is 9.97. The molecule has 2 aliphatic rings. The molecule has 122 valence electrons. The molecule has 1 atom stereocenters. The van der Waals surface area contributed by atoms with Crippen LogP contribution in [-0.2, 0) is 14.8 Å². The standard InChI is InChI=1S/C14H26N2O4S/c1-2-21(19,20)16-8-5-13(6-9-16)14(18)15-7-3-4-12(10-15)11-17/h12-13,17H,2-11H2,1H3. The van der Waals surface area contributed by atoms with E-state index in [1.54, 1.807) is 6.92 Å². The van der Waals surface area contributed by atoms with Crippen LogP contribution in [0.25, 0.3) is 0 Å². The van der Waals surface area contributed by atoms with Crippen molar-refractivity contribution in [1.82, 2.24) is 9.21 Å². The smallest absolute Gasteiger partial charge is 0.225 e. The number of likely N-dealkylation sites (tertiary alicyclic amines) is 1. The maximum Gasteiger partial charge on any atom is 0.225 e. The Morgan fingerprint density at radius 3 is 2.43 bits per heavy atom. The summed E-state index contributed by atoms with van der Waals surface area (Å²) in [7, 11) is -3.13. The lowest BCUT2D eigenvalue weighted by atomic mass is 9.93. The highest BCUT2D eigenvalue weighted by Crippen LogP contribution is 2.24. The molecule has 7 heteroatoms. The summed E-state index contributed by atoms with van der Waals surface area (Å²) in [5, 5.41) is 9.24. The molecule has 6 nitrogen and oxygen atoms in total. The van der Waals surface area contributed by atoms with E-state index in [9.17, 15) is 18.3 Å². The highest BCUT2D eigenvalue weighted by molar-refractivity contribution is 7.89. The second kappa shape index (κ2) is 7.07. The highest BCUT2D eigenvalue weighted by atomic mass is 32.2. The van der Waals surface area contributed by atoms with Crippen molar-refractivity contribution in [3.05, 3.63) is 0 Å². The third-order valence-electron chi connectivity index (χ3n) is 4.65. The molecule has 1 unspecified atom stereocenters. The maximum atomic E-state index is 12.5. The first-order valence-corrected chi connectivity index (χ1v) is 9.46. The Morgan fingerprint density at radius 1 is 1.19 bits per heavy atom. The summed E-state index contributed by atoms with van der Waals surface area (Å²) in [6, 6.07) is 0. The topological polar surface area (TPSA) is 77.9 Å². The first kappa shape index (κ1) is 16.7. The number of amides is 1. The van der Waals surface area contributed by atoms with Crippen molar-refractivity contribution < 1.29 is 18.3 Å². The molecular weight excluding hydrogens is 292 g/mol. The van der Waals surface area contributed by atoms with E-state index in [-0.39, 0.29) is 30.1 Å². The van der Waals surface area contributed by atoms with Crippen LogP contribution in [0.5, 0.6) is 0 Å². The van der Waals surface area contributed by atoms with Crippen LogP contribution in [0.2, 0.25) is 0 Å². The van der Waals surface area contributed by atoms with Gasteiger partial charge in [0.15, 0.2) is 0 Å². The summed E-state index contributed by atoms with van der Waals surface area (Å²) < 4.78 is 25.1. The van der Waals surface area contributed by atoms with E-state index < -0.39 is 10.0 Å². The van der Waals surface area contributed by atoms with Gasteiger partial charge in [-0.05, 0) is 38.5 Å². The molecule has 2 saturated heterocycles. The molecule has 0 aromatic rings. The molecule has 1 N–H and O–H groups in total. The lowest BCUT2D eigenvalue weighted by molar-refractivity contribution is -0.138. The SMILES string of the molecule is CCS(=O)(=O)N1CCC(C(=O)N2CCCC(CO)C2)CC1. The van der Waals surface area contributed by atoms with Gasteiger partial charge < -0.3 is 10.0 Å². The number of rotatable bonds is 4. The number of aliphatic hydroxyl groups is 1. The molecule has 0 saturated carbocycles. The summed E-state index contributed by atoms with van der Waals surface area (Å²) in [5.41, 5.74) is 0. The van der Waals surface area contributed by atoms with E-state index >= 15 is 0 Å². The van der Waals surface area contributed by atoms with Gasteiger partial charge in [-0.3, -0.25) is 4.79 Å². The molecule has 0 aliphatic carbocycles. The normalized spacial score (nSPS) is 26.0. The fraction of sp³-hybridized carbons (Fsp3) is 0.929. The molecule has 2 fully saturated rings. The van der Waals surface area contributed by atoms with Crippen LogP contribution in [0.4, 0.5) is 0 Å². The molecule has 2 aliphatic heterocycles. The van der Waals surface area contributed by atoms with Crippen LogP contribution in [0.1, 0.15) is 32.6 Å². The Balaban J connectivity index is 1.88. The zero-order valence-electron chi connectivity index (χ0n) is 12.7. The number of hydrogen-bond acceptors (Lipinski definition) is 4. The summed E-state index contributed by atoms with van der Waals surface area (Å²) in [5.74, 6) is 0.395. The van der Waals surface area contributed by atoms with Crippen LogP contribution in [0.15, 0.2) is 0 Å². The molecule has 1 amide bonds. The lowest BCUT2D eigenvalue weighted by Crippen LogP contribution is -2.47. The number of aliphatic hydroxyl groups excluding tert-OH is 1. The number of nitrogens with zero attached hydrogens (tertiary/aromatic N) is 2. The van der Waals surface area contributed by atoms with Gasteiger partial charge in [0, 0.05) is 38.7 Å². The van der Waals surface area contributed by atoms with E-state index in [4.69, 9.17) is 0 Å². The van der Waals surface area contributed by atoms with E-state index in [1.165, 1.54) is 4.31 Å². The Bertz CT molecular complexity index is 458. The quantitative estimate of drug-likeness (QED) is 0.807. The second-order valence-electron chi connectivity index (χ2n) is 6.05. The monoisotopic (exact) mass is 318 g/mol. The predicted octanol–water partition coefficient (Wildman–Crippen LogP) is 0.279. The van der Waals surface area contributed by atoms with Crippen molar-refractivity contribution in [2.75, 3.05) is 38.5 Å². The van der Waals surface area contributed by atoms with Crippen molar-refractivity contribution in [2.24, 2.45) is 11.8 Å². The lowest BCUT2D eigenvalue weighted by Gasteiger charge is -2.37. The number of carbonyl (C=O) groups is 1. The van der Waals surface area contributed by atoms with Gasteiger partial charge in [-0.15, -0.1) is 0 Å². The van der Waals surface area contributed by atoms with Gasteiger partial charge in [-0.1, -0.05) is 0 Å². The fourth-order valence-corrected chi connectivity index (χ4v) is 4.37. The molecule has 0 aromatic carbocycles. The van der Waals surface area contributed by atoms with Gasteiger partial charge >= 0.3 is 0 Å². The van der Waals surface area contributed by atoms with Gasteiger partial charge in [0.05, 0.1) is 5.75 Å². The predicted molar refractivity (Wildman–Crippen MR) is 80.1 cm³/mol. The summed E-state index contributed by atoms with van der Waals surface area (Å²) in [6.45, 7) is 4.09. The van der Waals surface area contributed by atoms with Gasteiger partial charge in [-0.25, -0.2) is 12.7 Å². The molecule has 0 radical (unpaired) electrons. The Morgan fingerprint density at radius 2 is 1.86 bits per heavy atom. The molecule has 0 bridgehead atoms. The van der Waals surface area contributed by atoms with Gasteiger partial charge in [0.1, 0.15) is 0 Å². The van der Waals surface area contributed by atoms with Crippen LogP contribution < -0.4 is 0 Å². The Kier molecular flexibility index (Phi) is 5.62. The second-order valence-corrected chi connectivity index (χ2v) is 8.31. The summed E-state index contributed by atoms with van der Waals surface area (Å²) in [4.78, 5) is 14.4. The zero-order valence-corrected chi connectivity index (χ0v) is 13.5. The number of sulfonamides is 1. The molecule has 21 heavy (non-hydrogen) atoms. The maximum absolute atomic E-state index is 12.5. The van der Waals surface area contributed by atoms with Crippen molar-refractivity contribution >= 4 is 15.9 Å². The minimum absolute atomic E-state index is 0.0641. The summed E-state index contributed by atoms with van der Waals surface area (Å²) >= 11 is 0. The number of carbonyl (C=O) groups excluding carboxylic acids is 1. The minimum atomic E-state index is -3.13. The average Bonchev–Trinajstić information content (AvgIpc) is 2.54. The Hall–Kier alpha value is -0.660. The van der Waals surface area contributed by atoms with Crippen LogP contribution >= 0.6 is 0 Å². The molecule has 2 rings (SSSR count). The third-order valence-corrected chi connectivity index (χ3v) is 6.53. The van der Waals surface area contributed by atoms with Crippen LogP contribution in [0, 0.1) is 11.8 Å². The number of piperidine rings is 2. The first-order valence-electron chi connectivity index (χ1n) is 7.85. The van der Waals surface area contributed by atoms with Crippen molar-refractivity contribution in [1.29, 1.82) is 0 Å². The number of hydrogen-bond donors (Lipinski definition) is 1. The third kappa shape index (κ3) is 3.96. The Labute approximate surface area is 127 Å². The molecule has 2 heterocycles. The molecule has 0 spiro atoms. The highest BCUT2D eigenvalue weighted by Gasteiger charge is 2.33. The van der Waals surface area contributed by atoms with E-state index in [1.807, 2.05) is 4.90 Å². The van der Waals surface area contributed by atoms with Gasteiger partial charge in [-0.2, -0.15) is 0 Å². The van der Waals surface area contributed by atoms with Gasteiger partial charge in [0.2, 0.25) is 15.9 Å². The van der Waals surface area contributed by atoms with E-state index in [0.717, 1.165) is 19.4 Å². The zero-order chi connectivity index (χ0) is 15.5. The molecular formula is C14H26N2O4S. The summed E-state index contributed by atoms with van der Waals surface area (Å²) in [6.07, 6.45) is 3.14. The molecule has 0 aromatic heterocycles.